The van der Waals surface area contributed by atoms with Gasteiger partial charge in [-0.05, 0) is 76.8 Å². The fourth-order valence-electron chi connectivity index (χ4n) is 10.6. The summed E-state index contributed by atoms with van der Waals surface area (Å²) in [5, 5.41) is 22.2. The molecule has 4 aromatic rings. The zero-order chi connectivity index (χ0) is 59.6. The molecule has 442 valence electrons. The Morgan fingerprint density at radius 2 is 1.05 bits per heavy atom. The second-order valence-corrected chi connectivity index (χ2v) is 24.3. The Balaban J connectivity index is 1.37. The van der Waals surface area contributed by atoms with Crippen molar-refractivity contribution < 1.29 is 43.2 Å². The summed E-state index contributed by atoms with van der Waals surface area (Å²) in [6.07, 6.45) is 1.40. The van der Waals surface area contributed by atoms with Gasteiger partial charge in [0, 0.05) is 45.2 Å². The first-order valence-electron chi connectivity index (χ1n) is 28.9. The van der Waals surface area contributed by atoms with E-state index in [1.807, 2.05) is 131 Å². The summed E-state index contributed by atoms with van der Waals surface area (Å²) in [7, 11) is 1.53. The molecular weight excluding hydrogens is 1060 g/mol. The molecule has 7 N–H and O–H groups in total. The van der Waals surface area contributed by atoms with Gasteiger partial charge in [0.2, 0.25) is 53.2 Å². The Bertz CT molecular complexity index is 2850. The lowest BCUT2D eigenvalue weighted by atomic mass is 9.96. The van der Waals surface area contributed by atoms with Crippen LogP contribution in [0.1, 0.15) is 97.8 Å². The van der Waals surface area contributed by atoms with E-state index in [4.69, 9.17) is 0 Å². The number of thioether (sulfide) groups is 1. The smallest absolute Gasteiger partial charge is 0.246 e. The van der Waals surface area contributed by atoms with Crippen molar-refractivity contribution in [2.24, 2.45) is 23.7 Å². The Hall–Kier alpha value is -7.28. The minimum Gasteiger partial charge on any atom is -0.353 e. The quantitative estimate of drug-likeness (QED) is 0.102. The minimum absolute atomic E-state index is 0.00924. The van der Waals surface area contributed by atoms with Gasteiger partial charge in [-0.2, -0.15) is 11.8 Å². The zero-order valence-electron chi connectivity index (χ0n) is 49.0. The van der Waals surface area contributed by atoms with Crippen LogP contribution in [0.3, 0.4) is 0 Å². The van der Waals surface area contributed by atoms with Gasteiger partial charge in [0.05, 0.1) is 5.75 Å². The highest BCUT2D eigenvalue weighted by molar-refractivity contribution is 7.99. The first-order chi connectivity index (χ1) is 39.1. The Morgan fingerprint density at radius 3 is 1.70 bits per heavy atom. The third kappa shape index (κ3) is 18.1. The molecule has 0 saturated carbocycles. The van der Waals surface area contributed by atoms with E-state index >= 15 is 4.79 Å². The predicted molar refractivity (Wildman–Crippen MR) is 320 cm³/mol. The lowest BCUT2D eigenvalue weighted by Gasteiger charge is -2.33. The maximum atomic E-state index is 15.0. The molecule has 4 aromatic carbocycles. The van der Waals surface area contributed by atoms with Crippen LogP contribution in [0.5, 0.6) is 0 Å². The van der Waals surface area contributed by atoms with Gasteiger partial charge in [-0.1, -0.05) is 159 Å². The monoisotopic (exact) mass is 1140 g/mol. The number of rotatable bonds is 12. The summed E-state index contributed by atoms with van der Waals surface area (Å²) in [5.74, 6) is -5.94. The second-order valence-electron chi connectivity index (χ2n) is 23.2. The van der Waals surface area contributed by atoms with E-state index < -0.39 is 113 Å². The summed E-state index contributed by atoms with van der Waals surface area (Å²) in [6, 6.07) is 22.9. The highest BCUT2D eigenvalue weighted by atomic mass is 32.2. The number of amides is 9. The Morgan fingerprint density at radius 1 is 0.512 bits per heavy atom. The molecule has 2 heterocycles. The van der Waals surface area contributed by atoms with Crippen LogP contribution in [-0.2, 0) is 62.4 Å². The first-order valence-corrected chi connectivity index (χ1v) is 30.0. The van der Waals surface area contributed by atoms with Gasteiger partial charge in [0.25, 0.3) is 0 Å². The van der Waals surface area contributed by atoms with Crippen LogP contribution in [0.25, 0.3) is 10.8 Å². The largest absolute Gasteiger partial charge is 0.353 e. The number of nitrogens with zero attached hydrogens (tertiary/aromatic N) is 2. The number of benzene rings is 4. The minimum atomic E-state index is -1.26. The molecule has 0 aliphatic carbocycles. The van der Waals surface area contributed by atoms with Crippen molar-refractivity contribution in [2.75, 3.05) is 31.6 Å². The fraction of sp³-hybridized carbons (Fsp3) is 0.508. The highest BCUT2D eigenvalue weighted by Gasteiger charge is 2.42. The maximum absolute atomic E-state index is 15.0. The summed E-state index contributed by atoms with van der Waals surface area (Å²) < 4.78 is 0. The van der Waals surface area contributed by atoms with Gasteiger partial charge >= 0.3 is 0 Å². The van der Waals surface area contributed by atoms with E-state index in [0.717, 1.165) is 27.5 Å². The number of fused-ring (bicyclic) bond motifs is 2. The highest BCUT2D eigenvalue weighted by Crippen LogP contribution is 2.24. The topological polar surface area (TPSA) is 244 Å². The number of likely N-dealkylation sites (N-methyl/N-ethyl adjacent to an activating group) is 1. The Kier molecular flexibility index (Phi) is 23.9. The average molecular weight is 1140 g/mol. The lowest BCUT2D eigenvalue weighted by molar-refractivity contribution is -0.143. The van der Waals surface area contributed by atoms with Crippen LogP contribution >= 0.6 is 11.8 Å². The summed E-state index contributed by atoms with van der Waals surface area (Å²) in [6.45, 7) is 15.0. The second kappa shape index (κ2) is 30.7. The number of carbonyl (C=O) groups excluding carboxylic acids is 9. The van der Waals surface area contributed by atoms with Crippen molar-refractivity contribution in [3.8, 4) is 0 Å². The van der Waals surface area contributed by atoms with Crippen molar-refractivity contribution in [3.05, 3.63) is 120 Å². The molecule has 82 heavy (non-hydrogen) atoms. The SMILES string of the molecule is CC(C)C[C@@H]1NC(=O)[C@H](C(C)C)NC(=O)[C@@H]2CCCN2C(=O)[C@H](C(C)C)NC(=O)[C@H](Cc2ccccc2)NC(=O)CSCCNC(=O)[C@H](Cc2ccccc2)N(C)C(=O)[C@H](CC(C)C)NC(=O)[C@H](Cc2cccc3ccccc23)NC1=O. The van der Waals surface area contributed by atoms with E-state index in [-0.39, 0.29) is 62.8 Å². The van der Waals surface area contributed by atoms with E-state index in [2.05, 4.69) is 37.2 Å². The predicted octanol–water partition coefficient (Wildman–Crippen LogP) is 4.86. The van der Waals surface area contributed by atoms with Crippen LogP contribution in [-0.4, -0.2) is 143 Å². The fourth-order valence-corrected chi connectivity index (χ4v) is 11.3. The summed E-state index contributed by atoms with van der Waals surface area (Å²) >= 11 is 1.24. The van der Waals surface area contributed by atoms with Crippen LogP contribution in [0.4, 0.5) is 0 Å². The standard InChI is InChI=1S/C63H85N9O9S/c1-38(2)32-47-56(74)66-49(36-45-26-18-25-44-24-16-17-27-46(44)45)57(75)68-50(33-39(3)4)62(80)71(9)52(35-43-22-14-11-15-23-43)59(77)64-29-31-82-37-53(73)65-48(34-42-20-12-10-13-21-42)58(76)70-55(41(7)8)63(81)72-30-19-28-51(72)60(78)69-54(40(5)6)61(79)67-47/h10-18,20-27,38-41,47-52,54-55H,19,28-37H2,1-9H3,(H,64,77)(H,65,73)(H,66,74)(H,67,79)(H,68,75)(H,69,78)(H,70,76)/t47-,48-,49-,50-,51-,52-,54-,55-/m0/s1. The molecule has 2 aliphatic heterocycles. The molecule has 18 nitrogen and oxygen atoms in total. The van der Waals surface area contributed by atoms with Crippen LogP contribution in [0, 0.1) is 23.7 Å². The van der Waals surface area contributed by atoms with E-state index in [1.54, 1.807) is 27.7 Å². The molecule has 0 aromatic heterocycles. The average Bonchev–Trinajstić information content (AvgIpc) is 4.06. The van der Waals surface area contributed by atoms with Crippen LogP contribution in [0.15, 0.2) is 103 Å². The van der Waals surface area contributed by atoms with Crippen molar-refractivity contribution in [2.45, 2.75) is 149 Å². The van der Waals surface area contributed by atoms with Crippen LogP contribution in [0.2, 0.25) is 0 Å². The lowest BCUT2D eigenvalue weighted by Crippen LogP contribution is -2.61. The Labute approximate surface area is 487 Å². The third-order valence-electron chi connectivity index (χ3n) is 15.0. The molecule has 2 fully saturated rings. The summed E-state index contributed by atoms with van der Waals surface area (Å²) in [4.78, 5) is 133. The number of hydrogen-bond donors (Lipinski definition) is 7. The molecule has 0 unspecified atom stereocenters. The molecule has 8 atom stereocenters. The number of nitrogens with one attached hydrogen (secondary N) is 7. The molecule has 0 spiro atoms. The molecule has 19 heteroatoms. The molecule has 2 aliphatic rings. The van der Waals surface area contributed by atoms with Gasteiger partial charge in [0.1, 0.15) is 48.3 Å². The summed E-state index contributed by atoms with van der Waals surface area (Å²) in [5.41, 5.74) is 2.31. The van der Waals surface area contributed by atoms with Gasteiger partial charge in [0.15, 0.2) is 0 Å². The molecule has 9 amide bonds. The molecule has 0 radical (unpaired) electrons. The molecule has 6 rings (SSSR count). The van der Waals surface area contributed by atoms with E-state index in [1.165, 1.54) is 28.6 Å². The number of carbonyl (C=O) groups is 9. The van der Waals surface area contributed by atoms with Gasteiger partial charge < -0.3 is 47.0 Å². The van der Waals surface area contributed by atoms with Crippen molar-refractivity contribution in [1.29, 1.82) is 0 Å². The molecule has 2 saturated heterocycles. The normalized spacial score (nSPS) is 24.1. The van der Waals surface area contributed by atoms with Gasteiger partial charge in [-0.25, -0.2) is 0 Å². The van der Waals surface area contributed by atoms with E-state index in [0.29, 0.717) is 18.6 Å². The van der Waals surface area contributed by atoms with Crippen molar-refractivity contribution >= 4 is 75.7 Å². The van der Waals surface area contributed by atoms with Gasteiger partial charge in [-0.3, -0.25) is 43.2 Å². The maximum Gasteiger partial charge on any atom is 0.246 e. The third-order valence-corrected chi connectivity index (χ3v) is 16.0. The van der Waals surface area contributed by atoms with Crippen molar-refractivity contribution in [1.82, 2.24) is 47.0 Å². The van der Waals surface area contributed by atoms with Gasteiger partial charge in [-0.15, -0.1) is 0 Å². The van der Waals surface area contributed by atoms with Crippen LogP contribution < -0.4 is 37.2 Å². The molecule has 0 bridgehead atoms. The molecular formula is C63H85N9O9S. The van der Waals surface area contributed by atoms with Crippen molar-refractivity contribution in [3.63, 3.8) is 0 Å². The first kappa shape index (κ1) is 63.9. The van der Waals surface area contributed by atoms with E-state index in [9.17, 15) is 38.4 Å². The number of hydrogen-bond acceptors (Lipinski definition) is 10. The zero-order valence-corrected chi connectivity index (χ0v) is 49.8.